The van der Waals surface area contributed by atoms with Crippen LogP contribution in [-0.2, 0) is 11.2 Å². The van der Waals surface area contributed by atoms with Crippen LogP contribution in [0.1, 0.15) is 17.6 Å². The van der Waals surface area contributed by atoms with E-state index >= 15 is 0 Å². The largest absolute Gasteiger partial charge is 0.324 e. The van der Waals surface area contributed by atoms with E-state index in [1.54, 1.807) is 18.3 Å². The fourth-order valence-electron chi connectivity index (χ4n) is 2.02. The molecule has 0 aliphatic rings. The van der Waals surface area contributed by atoms with Crippen LogP contribution >= 0.6 is 34.7 Å². The fourth-order valence-corrected chi connectivity index (χ4v) is 3.69. The maximum atomic E-state index is 13.0. The zero-order chi connectivity index (χ0) is 17.8. The number of hydrogen-bond acceptors (Lipinski definition) is 5. The number of amides is 1. The third-order valence-corrected chi connectivity index (χ3v) is 5.42. The minimum absolute atomic E-state index is 0.154. The number of aromatic amines is 1. The Labute approximate surface area is 157 Å². The number of hydrogen-bond donors (Lipinski definition) is 2. The first kappa shape index (κ1) is 17.9. The standard InChI is InChI=1S/C16H14ClFN4OS2/c1-9(15(23)19-13-5-4-10(18)7-12(13)17)25-16-20-14(21-22-16)8-11-3-2-6-24-11/h2-7,9H,8H2,1H3,(H,19,23)(H,20,21,22)/t9-/m1/s1. The van der Waals surface area contributed by atoms with Gasteiger partial charge in [0.2, 0.25) is 11.1 Å². The molecule has 0 aliphatic carbocycles. The summed E-state index contributed by atoms with van der Waals surface area (Å²) in [6.45, 7) is 1.74. The molecule has 0 spiro atoms. The van der Waals surface area contributed by atoms with Gasteiger partial charge in [-0.3, -0.25) is 9.89 Å². The van der Waals surface area contributed by atoms with Crippen molar-refractivity contribution >= 4 is 46.3 Å². The van der Waals surface area contributed by atoms with Crippen LogP contribution in [0.3, 0.4) is 0 Å². The van der Waals surface area contributed by atoms with Gasteiger partial charge < -0.3 is 5.32 Å². The first-order valence-electron chi connectivity index (χ1n) is 7.37. The lowest BCUT2D eigenvalue weighted by Crippen LogP contribution is -2.22. The maximum Gasteiger partial charge on any atom is 0.237 e. The number of thiophene rings is 1. The van der Waals surface area contributed by atoms with Gasteiger partial charge in [-0.05, 0) is 36.6 Å². The lowest BCUT2D eigenvalue weighted by atomic mass is 10.3. The van der Waals surface area contributed by atoms with Crippen LogP contribution < -0.4 is 5.32 Å². The highest BCUT2D eigenvalue weighted by atomic mass is 35.5. The molecule has 0 unspecified atom stereocenters. The SMILES string of the molecule is C[C@@H](Sc1n[nH]c(Cc2cccs2)n1)C(=O)Nc1ccc(F)cc1Cl. The number of H-pyrrole nitrogens is 1. The normalized spacial score (nSPS) is 12.1. The van der Waals surface area contributed by atoms with Crippen LogP contribution in [0.25, 0.3) is 0 Å². The summed E-state index contributed by atoms with van der Waals surface area (Å²) in [7, 11) is 0. The van der Waals surface area contributed by atoms with E-state index < -0.39 is 11.1 Å². The molecule has 1 aromatic carbocycles. The number of benzene rings is 1. The van der Waals surface area contributed by atoms with E-state index in [0.29, 0.717) is 17.3 Å². The molecule has 3 rings (SSSR count). The van der Waals surface area contributed by atoms with Crippen molar-refractivity contribution in [3.8, 4) is 0 Å². The van der Waals surface area contributed by atoms with Crippen molar-refractivity contribution < 1.29 is 9.18 Å². The van der Waals surface area contributed by atoms with E-state index in [1.165, 1.54) is 28.8 Å². The molecule has 130 valence electrons. The molecule has 0 bridgehead atoms. The lowest BCUT2D eigenvalue weighted by molar-refractivity contribution is -0.115. The Balaban J connectivity index is 1.58. The Morgan fingerprint density at radius 3 is 3.04 bits per heavy atom. The van der Waals surface area contributed by atoms with E-state index in [2.05, 4.69) is 20.5 Å². The van der Waals surface area contributed by atoms with Crippen LogP contribution in [0.15, 0.2) is 40.9 Å². The van der Waals surface area contributed by atoms with E-state index in [1.807, 2.05) is 17.5 Å². The van der Waals surface area contributed by atoms with Crippen molar-refractivity contribution in [1.82, 2.24) is 15.2 Å². The molecular formula is C16H14ClFN4OS2. The van der Waals surface area contributed by atoms with Gasteiger partial charge in [0.05, 0.1) is 16.0 Å². The molecule has 2 heterocycles. The van der Waals surface area contributed by atoms with Crippen LogP contribution in [-0.4, -0.2) is 26.3 Å². The molecule has 9 heteroatoms. The zero-order valence-electron chi connectivity index (χ0n) is 13.1. The highest BCUT2D eigenvalue weighted by Crippen LogP contribution is 2.25. The topological polar surface area (TPSA) is 70.7 Å². The highest BCUT2D eigenvalue weighted by Gasteiger charge is 2.18. The Bertz CT molecular complexity index is 869. The predicted octanol–water partition coefficient (Wildman–Crippen LogP) is 4.37. The summed E-state index contributed by atoms with van der Waals surface area (Å²) in [5, 5.41) is 11.9. The van der Waals surface area contributed by atoms with Gasteiger partial charge in [0.25, 0.3) is 0 Å². The van der Waals surface area contributed by atoms with Crippen LogP contribution in [0.2, 0.25) is 5.02 Å². The smallest absolute Gasteiger partial charge is 0.237 e. The first-order chi connectivity index (χ1) is 12.0. The van der Waals surface area contributed by atoms with Gasteiger partial charge in [0.15, 0.2) is 0 Å². The van der Waals surface area contributed by atoms with Crippen molar-refractivity contribution in [2.75, 3.05) is 5.32 Å². The molecule has 2 aromatic heterocycles. The number of nitrogens with zero attached hydrogens (tertiary/aromatic N) is 2. The minimum Gasteiger partial charge on any atom is -0.324 e. The second-order valence-corrected chi connectivity index (χ2v) is 7.94. The highest BCUT2D eigenvalue weighted by molar-refractivity contribution is 8.00. The second kappa shape index (κ2) is 7.99. The molecule has 0 fully saturated rings. The van der Waals surface area contributed by atoms with Gasteiger partial charge in [-0.25, -0.2) is 9.37 Å². The summed E-state index contributed by atoms with van der Waals surface area (Å²) in [4.78, 5) is 17.8. The number of anilines is 1. The number of aromatic nitrogens is 3. The molecule has 0 radical (unpaired) electrons. The Morgan fingerprint density at radius 1 is 1.48 bits per heavy atom. The number of thioether (sulfide) groups is 1. The summed E-state index contributed by atoms with van der Waals surface area (Å²) < 4.78 is 13.0. The average Bonchev–Trinajstić information content (AvgIpc) is 3.22. The van der Waals surface area contributed by atoms with Crippen molar-refractivity contribution in [1.29, 1.82) is 0 Å². The van der Waals surface area contributed by atoms with Gasteiger partial charge in [0, 0.05) is 11.3 Å². The van der Waals surface area contributed by atoms with Crippen LogP contribution in [0.4, 0.5) is 10.1 Å². The fraction of sp³-hybridized carbons (Fsp3) is 0.188. The monoisotopic (exact) mass is 396 g/mol. The molecule has 3 aromatic rings. The molecule has 0 saturated heterocycles. The van der Waals surface area contributed by atoms with Gasteiger partial charge >= 0.3 is 0 Å². The molecular weight excluding hydrogens is 383 g/mol. The number of rotatable bonds is 6. The summed E-state index contributed by atoms with van der Waals surface area (Å²) in [5.41, 5.74) is 0.369. The summed E-state index contributed by atoms with van der Waals surface area (Å²) in [6, 6.07) is 7.84. The third-order valence-electron chi connectivity index (χ3n) is 3.27. The van der Waals surface area contributed by atoms with Crippen molar-refractivity contribution in [3.63, 3.8) is 0 Å². The van der Waals surface area contributed by atoms with Crippen LogP contribution in [0, 0.1) is 5.82 Å². The number of carbonyl (C=O) groups excluding carboxylic acids is 1. The molecule has 2 N–H and O–H groups in total. The Morgan fingerprint density at radius 2 is 2.32 bits per heavy atom. The van der Waals surface area contributed by atoms with Crippen molar-refractivity contribution in [2.45, 2.75) is 23.8 Å². The first-order valence-corrected chi connectivity index (χ1v) is 9.51. The molecule has 1 amide bonds. The van der Waals surface area contributed by atoms with Crippen LogP contribution in [0.5, 0.6) is 0 Å². The average molecular weight is 397 g/mol. The van der Waals surface area contributed by atoms with Crippen molar-refractivity contribution in [3.05, 3.63) is 57.3 Å². The Kier molecular flexibility index (Phi) is 5.72. The molecule has 1 atom stereocenters. The predicted molar refractivity (Wildman–Crippen MR) is 98.9 cm³/mol. The maximum absolute atomic E-state index is 13.0. The molecule has 5 nitrogen and oxygen atoms in total. The van der Waals surface area contributed by atoms with Gasteiger partial charge in [0.1, 0.15) is 11.6 Å². The van der Waals surface area contributed by atoms with E-state index in [-0.39, 0.29) is 10.9 Å². The second-order valence-electron chi connectivity index (χ2n) is 5.19. The van der Waals surface area contributed by atoms with Gasteiger partial charge in [-0.1, -0.05) is 29.4 Å². The van der Waals surface area contributed by atoms with E-state index in [4.69, 9.17) is 11.6 Å². The zero-order valence-corrected chi connectivity index (χ0v) is 15.5. The summed E-state index contributed by atoms with van der Waals surface area (Å²) in [5.74, 6) is 0.0340. The number of halogens is 2. The molecule has 0 saturated carbocycles. The molecule has 25 heavy (non-hydrogen) atoms. The third kappa shape index (κ3) is 4.81. The lowest BCUT2D eigenvalue weighted by Gasteiger charge is -2.11. The van der Waals surface area contributed by atoms with Gasteiger partial charge in [-0.15, -0.1) is 16.4 Å². The van der Waals surface area contributed by atoms with E-state index in [0.717, 1.165) is 11.9 Å². The minimum atomic E-state index is -0.454. The van der Waals surface area contributed by atoms with Gasteiger partial charge in [-0.2, -0.15) is 0 Å². The Hall–Kier alpha value is -1.90. The van der Waals surface area contributed by atoms with Crippen molar-refractivity contribution in [2.24, 2.45) is 0 Å². The number of carbonyl (C=O) groups is 1. The summed E-state index contributed by atoms with van der Waals surface area (Å²) in [6.07, 6.45) is 0.678. The molecule has 0 aliphatic heterocycles. The van der Waals surface area contributed by atoms with E-state index in [9.17, 15) is 9.18 Å². The number of nitrogens with one attached hydrogen (secondary N) is 2. The summed E-state index contributed by atoms with van der Waals surface area (Å²) >= 11 is 8.80. The quantitative estimate of drug-likeness (QED) is 0.607.